The summed E-state index contributed by atoms with van der Waals surface area (Å²) in [5.41, 5.74) is 21.3. The number of unbranched alkanes of at least 4 members (excludes halogenated alkanes) is 3. The van der Waals surface area contributed by atoms with Crippen molar-refractivity contribution < 1.29 is 0 Å². The van der Waals surface area contributed by atoms with Crippen LogP contribution in [0.2, 0.25) is 0 Å². The van der Waals surface area contributed by atoms with E-state index in [1.165, 1.54) is 59.1 Å². The quantitative estimate of drug-likeness (QED) is 0.169. The molecule has 4 aromatic rings. The molecular weight excluding hydrogens is 436 g/mol. The Morgan fingerprint density at radius 2 is 0.861 bits per heavy atom. The molecule has 36 heavy (non-hydrogen) atoms. The van der Waals surface area contributed by atoms with E-state index in [1.54, 1.807) is 0 Å². The van der Waals surface area contributed by atoms with Crippen molar-refractivity contribution >= 4 is 11.4 Å². The van der Waals surface area contributed by atoms with Crippen molar-refractivity contribution in [2.75, 3.05) is 11.5 Å². The minimum absolute atomic E-state index is 0.00675. The lowest BCUT2D eigenvalue weighted by atomic mass is 9.72. The van der Waals surface area contributed by atoms with Gasteiger partial charge in [0, 0.05) is 16.8 Å². The third-order valence-corrected chi connectivity index (χ3v) is 7.49. The average Bonchev–Trinajstić information content (AvgIpc) is 2.90. The lowest BCUT2D eigenvalue weighted by Crippen LogP contribution is -2.24. The van der Waals surface area contributed by atoms with E-state index in [0.717, 1.165) is 30.6 Å². The van der Waals surface area contributed by atoms with Crippen molar-refractivity contribution in [2.45, 2.75) is 64.2 Å². The fourth-order valence-electron chi connectivity index (χ4n) is 5.08. The van der Waals surface area contributed by atoms with Crippen LogP contribution in [0, 0.1) is 0 Å². The first-order chi connectivity index (χ1) is 17.5. The number of rotatable bonds is 11. The van der Waals surface area contributed by atoms with Crippen molar-refractivity contribution in [2.24, 2.45) is 0 Å². The molecule has 2 nitrogen and oxygen atoms in total. The zero-order valence-corrected chi connectivity index (χ0v) is 21.8. The predicted molar refractivity (Wildman–Crippen MR) is 155 cm³/mol. The lowest BCUT2D eigenvalue weighted by molar-refractivity contribution is 0.477. The summed E-state index contributed by atoms with van der Waals surface area (Å²) in [5, 5.41) is 0. The summed E-state index contributed by atoms with van der Waals surface area (Å²) in [5.74, 6) is 0. The maximum atomic E-state index is 5.85. The molecule has 0 aliphatic carbocycles. The Morgan fingerprint density at radius 1 is 0.500 bits per heavy atom. The first-order valence-corrected chi connectivity index (χ1v) is 13.3. The summed E-state index contributed by atoms with van der Waals surface area (Å²) < 4.78 is 0. The van der Waals surface area contributed by atoms with E-state index in [4.69, 9.17) is 11.5 Å². The van der Waals surface area contributed by atoms with Crippen molar-refractivity contribution in [3.63, 3.8) is 0 Å². The summed E-state index contributed by atoms with van der Waals surface area (Å²) in [4.78, 5) is 0. The van der Waals surface area contributed by atoms with Crippen LogP contribution in [0.3, 0.4) is 0 Å². The Bertz CT molecular complexity index is 1110. The molecule has 0 heterocycles. The van der Waals surface area contributed by atoms with Gasteiger partial charge in [0.05, 0.1) is 0 Å². The van der Waals surface area contributed by atoms with Crippen LogP contribution in [-0.4, -0.2) is 0 Å². The molecule has 4 N–H and O–H groups in total. The first kappa shape index (κ1) is 25.6. The topological polar surface area (TPSA) is 52.0 Å². The van der Waals surface area contributed by atoms with E-state index in [9.17, 15) is 0 Å². The highest BCUT2D eigenvalue weighted by Crippen LogP contribution is 2.37. The molecule has 0 unspecified atom stereocenters. The zero-order valence-electron chi connectivity index (χ0n) is 21.8. The molecule has 2 heteroatoms. The molecule has 0 spiro atoms. The van der Waals surface area contributed by atoms with Crippen molar-refractivity contribution in [1.29, 1.82) is 0 Å². The molecule has 0 radical (unpaired) electrons. The van der Waals surface area contributed by atoms with Crippen LogP contribution in [0.25, 0.3) is 0 Å². The molecule has 0 saturated heterocycles. The monoisotopic (exact) mass is 476 g/mol. The second-order valence-electron chi connectivity index (χ2n) is 10.4. The molecule has 4 aromatic carbocycles. The Labute approximate surface area is 217 Å². The van der Waals surface area contributed by atoms with E-state index < -0.39 is 0 Å². The number of nitrogen functional groups attached to an aromatic ring is 2. The molecule has 0 aliphatic rings. The smallest absolute Gasteiger partial charge is 0.0314 e. The second kappa shape index (κ2) is 11.9. The Hall–Kier alpha value is -3.52. The van der Waals surface area contributed by atoms with Gasteiger partial charge in [-0.3, -0.25) is 0 Å². The van der Waals surface area contributed by atoms with Gasteiger partial charge in [-0.15, -0.1) is 0 Å². The van der Waals surface area contributed by atoms with Gasteiger partial charge in [0.25, 0.3) is 0 Å². The summed E-state index contributed by atoms with van der Waals surface area (Å²) in [6, 6.07) is 34.9. The van der Waals surface area contributed by atoms with Crippen LogP contribution in [0.4, 0.5) is 11.4 Å². The maximum absolute atomic E-state index is 5.85. The highest BCUT2D eigenvalue weighted by molar-refractivity contribution is 5.44. The summed E-state index contributed by atoms with van der Waals surface area (Å²) in [6.45, 7) is 4.70. The van der Waals surface area contributed by atoms with E-state index >= 15 is 0 Å². The second-order valence-corrected chi connectivity index (χ2v) is 10.4. The molecule has 0 saturated carbocycles. The first-order valence-electron chi connectivity index (χ1n) is 13.3. The van der Waals surface area contributed by atoms with Gasteiger partial charge in [0.1, 0.15) is 0 Å². The Morgan fingerprint density at radius 3 is 1.22 bits per heavy atom. The number of hydrogen-bond donors (Lipinski definition) is 2. The molecule has 0 atom stereocenters. The van der Waals surface area contributed by atoms with Gasteiger partial charge in [0.15, 0.2) is 0 Å². The van der Waals surface area contributed by atoms with E-state index in [1.807, 2.05) is 24.3 Å². The fourth-order valence-corrected chi connectivity index (χ4v) is 5.08. The number of benzene rings is 4. The van der Waals surface area contributed by atoms with Gasteiger partial charge < -0.3 is 11.5 Å². The van der Waals surface area contributed by atoms with Crippen LogP contribution in [0.1, 0.15) is 79.3 Å². The minimum Gasteiger partial charge on any atom is -0.399 e. The molecule has 0 aromatic heterocycles. The van der Waals surface area contributed by atoms with Crippen LogP contribution in [0.15, 0.2) is 97.1 Å². The predicted octanol–water partition coefficient (Wildman–Crippen LogP) is 8.31. The van der Waals surface area contributed by atoms with Crippen molar-refractivity contribution in [3.05, 3.63) is 130 Å². The number of nitrogens with two attached hydrogens (primary N) is 2. The normalized spacial score (nSPS) is 11.5. The molecular formula is C34H40N2. The Kier molecular flexibility index (Phi) is 8.48. The average molecular weight is 477 g/mol. The third kappa shape index (κ3) is 6.57. The minimum atomic E-state index is -0.00675. The van der Waals surface area contributed by atoms with Crippen LogP contribution < -0.4 is 11.5 Å². The van der Waals surface area contributed by atoms with Gasteiger partial charge in [-0.05, 0) is 76.9 Å². The van der Waals surface area contributed by atoms with Gasteiger partial charge in [-0.1, -0.05) is 112 Å². The highest BCUT2D eigenvalue weighted by atomic mass is 14.5. The van der Waals surface area contributed by atoms with E-state index in [2.05, 4.69) is 86.6 Å². The molecule has 0 aliphatic heterocycles. The summed E-state index contributed by atoms with van der Waals surface area (Å²) in [6.07, 6.45) is 8.09. The molecule has 0 fully saturated rings. The lowest BCUT2D eigenvalue weighted by Gasteiger charge is -2.32. The third-order valence-electron chi connectivity index (χ3n) is 7.49. The maximum Gasteiger partial charge on any atom is 0.0314 e. The van der Waals surface area contributed by atoms with Gasteiger partial charge >= 0.3 is 0 Å². The van der Waals surface area contributed by atoms with E-state index in [-0.39, 0.29) is 5.41 Å². The Balaban J connectivity index is 1.54. The SMILES string of the molecule is CCCCCCC(C)(c1ccc(Cc2ccc(N)cc2)cc1)c1ccc(Cc2ccc(N)cc2)cc1. The van der Waals surface area contributed by atoms with Gasteiger partial charge in [0.2, 0.25) is 0 Å². The van der Waals surface area contributed by atoms with E-state index in [0.29, 0.717) is 0 Å². The molecule has 186 valence electrons. The number of hydrogen-bond acceptors (Lipinski definition) is 2. The van der Waals surface area contributed by atoms with Gasteiger partial charge in [-0.25, -0.2) is 0 Å². The summed E-state index contributed by atoms with van der Waals surface area (Å²) in [7, 11) is 0. The van der Waals surface area contributed by atoms with Crippen LogP contribution in [0.5, 0.6) is 0 Å². The van der Waals surface area contributed by atoms with Crippen molar-refractivity contribution in [1.82, 2.24) is 0 Å². The van der Waals surface area contributed by atoms with Crippen molar-refractivity contribution in [3.8, 4) is 0 Å². The zero-order chi connectivity index (χ0) is 25.4. The molecule has 0 bridgehead atoms. The van der Waals surface area contributed by atoms with Gasteiger partial charge in [-0.2, -0.15) is 0 Å². The molecule has 0 amide bonds. The van der Waals surface area contributed by atoms with Crippen LogP contribution >= 0.6 is 0 Å². The summed E-state index contributed by atoms with van der Waals surface area (Å²) >= 11 is 0. The molecule has 4 rings (SSSR count). The number of anilines is 2. The largest absolute Gasteiger partial charge is 0.399 e. The highest BCUT2D eigenvalue weighted by Gasteiger charge is 2.28. The standard InChI is InChI=1S/C34H40N2/c1-3-4-5-6-23-34(2,30-15-7-26(8-16-30)24-28-11-19-32(35)20-12-28)31-17-9-27(10-18-31)25-29-13-21-33(36)22-14-29/h7-22H,3-6,23-25,35-36H2,1-2H3. The van der Waals surface area contributed by atoms with Crippen LogP contribution in [-0.2, 0) is 18.3 Å². The fraction of sp³-hybridized carbons (Fsp3) is 0.294.